The highest BCUT2D eigenvalue weighted by Crippen LogP contribution is 2.32. The Labute approximate surface area is 125 Å². The molecule has 3 rings (SSSR count). The molecule has 1 aliphatic heterocycles. The molecule has 0 N–H and O–H groups in total. The number of aromatic nitrogens is 1. The van der Waals surface area contributed by atoms with Crippen LogP contribution in [0.2, 0.25) is 0 Å². The predicted molar refractivity (Wildman–Crippen MR) is 85.2 cm³/mol. The minimum atomic E-state index is 0.765. The van der Waals surface area contributed by atoms with Crippen LogP contribution < -0.4 is 10.2 Å². The van der Waals surface area contributed by atoms with Crippen molar-refractivity contribution in [3.05, 3.63) is 42.1 Å². The first-order valence-corrected chi connectivity index (χ1v) is 7.28. The average Bonchev–Trinajstić information content (AvgIpc) is 2.55. The molecule has 1 fully saturated rings. The van der Waals surface area contributed by atoms with Crippen LogP contribution >= 0.6 is 0 Å². The van der Waals surface area contributed by atoms with Crippen molar-refractivity contribution in [2.45, 2.75) is 6.92 Å². The molecule has 0 bridgehead atoms. The Hall–Kier alpha value is -2.07. The van der Waals surface area contributed by atoms with E-state index in [1.807, 2.05) is 13.2 Å². The molecular weight excluding hydrogens is 262 g/mol. The first kappa shape index (κ1) is 13.9. The van der Waals surface area contributed by atoms with Crippen LogP contribution in [0.3, 0.4) is 0 Å². The number of nitrogens with zero attached hydrogens (tertiary/aromatic N) is 3. The van der Waals surface area contributed by atoms with E-state index in [1.54, 1.807) is 0 Å². The summed E-state index contributed by atoms with van der Waals surface area (Å²) in [6.07, 6.45) is 1.87. The van der Waals surface area contributed by atoms with E-state index in [0.717, 1.165) is 43.4 Å². The van der Waals surface area contributed by atoms with E-state index in [9.17, 15) is 0 Å². The molecule has 1 saturated heterocycles. The van der Waals surface area contributed by atoms with Crippen LogP contribution in [0.25, 0.3) is 11.1 Å². The summed E-state index contributed by atoms with van der Waals surface area (Å²) >= 11 is 0. The highest BCUT2D eigenvalue weighted by molar-refractivity contribution is 5.79. The molecule has 1 aromatic heterocycles. The van der Waals surface area contributed by atoms with E-state index < -0.39 is 0 Å². The van der Waals surface area contributed by atoms with Crippen molar-refractivity contribution < 1.29 is 4.74 Å². The maximum Gasteiger partial charge on any atom is 0.129 e. The maximum atomic E-state index is 5.41. The summed E-state index contributed by atoms with van der Waals surface area (Å²) in [7, 11) is 1.81. The second-order valence-electron chi connectivity index (χ2n) is 5.20. The Bertz CT molecular complexity index is 621. The Balaban J connectivity index is 2.03. The molecule has 2 aromatic rings. The molecule has 2 heterocycles. The normalized spacial score (nSPS) is 15.0. The summed E-state index contributed by atoms with van der Waals surface area (Å²) in [5.41, 5.74) is 4.55. The van der Waals surface area contributed by atoms with E-state index in [0.29, 0.717) is 0 Å². The lowest BCUT2D eigenvalue weighted by Crippen LogP contribution is -2.36. The van der Waals surface area contributed by atoms with Gasteiger partial charge in [-0.15, -0.1) is 0 Å². The van der Waals surface area contributed by atoms with Crippen molar-refractivity contribution in [1.82, 2.24) is 10.3 Å². The molecule has 0 unspecified atom stereocenters. The Morgan fingerprint density at radius 1 is 1.14 bits per heavy atom. The average molecular weight is 282 g/mol. The number of rotatable bonds is 3. The third kappa shape index (κ3) is 2.85. The van der Waals surface area contributed by atoms with Gasteiger partial charge in [0.1, 0.15) is 5.82 Å². The van der Waals surface area contributed by atoms with E-state index in [1.165, 1.54) is 11.1 Å². The van der Waals surface area contributed by atoms with Gasteiger partial charge in [-0.1, -0.05) is 24.3 Å². The van der Waals surface area contributed by atoms with Crippen LogP contribution in [0.15, 0.2) is 36.5 Å². The van der Waals surface area contributed by atoms with Crippen LogP contribution in [-0.2, 0) is 4.74 Å². The van der Waals surface area contributed by atoms with Crippen molar-refractivity contribution >= 4 is 11.5 Å². The summed E-state index contributed by atoms with van der Waals surface area (Å²) in [4.78, 5) is 6.83. The fourth-order valence-electron chi connectivity index (χ4n) is 2.67. The third-order valence-corrected chi connectivity index (χ3v) is 3.88. The molecule has 0 atom stereocenters. The number of morpholine rings is 1. The molecule has 4 heteroatoms. The Morgan fingerprint density at radius 2 is 1.90 bits per heavy atom. The molecule has 4 nitrogen and oxygen atoms in total. The minimum Gasteiger partial charge on any atom is -0.378 e. The third-order valence-electron chi connectivity index (χ3n) is 3.88. The van der Waals surface area contributed by atoms with Gasteiger partial charge in [-0.05, 0) is 24.1 Å². The van der Waals surface area contributed by atoms with Crippen molar-refractivity contribution in [3.8, 4) is 11.1 Å². The van der Waals surface area contributed by atoms with Gasteiger partial charge in [0.05, 0.1) is 25.1 Å². The number of hydrogen-bond acceptors (Lipinski definition) is 3. The van der Waals surface area contributed by atoms with E-state index >= 15 is 0 Å². The quantitative estimate of drug-likeness (QED) is 0.869. The molecule has 1 aliphatic rings. The topological polar surface area (TPSA) is 39.5 Å². The number of benzene rings is 1. The van der Waals surface area contributed by atoms with Gasteiger partial charge in [-0.25, -0.2) is 4.98 Å². The van der Waals surface area contributed by atoms with E-state index in [2.05, 4.69) is 52.5 Å². The highest BCUT2D eigenvalue weighted by atomic mass is 16.5. The molecule has 0 saturated carbocycles. The van der Waals surface area contributed by atoms with Crippen LogP contribution in [0.4, 0.5) is 11.5 Å². The fourth-order valence-corrected chi connectivity index (χ4v) is 2.67. The van der Waals surface area contributed by atoms with Crippen molar-refractivity contribution in [3.63, 3.8) is 0 Å². The maximum absolute atomic E-state index is 5.41. The zero-order valence-electron chi connectivity index (χ0n) is 12.5. The molecular formula is C17H20N3O. The fraction of sp³-hybridized carbons (Fsp3) is 0.353. The minimum absolute atomic E-state index is 0.765. The molecule has 21 heavy (non-hydrogen) atoms. The lowest BCUT2D eigenvalue weighted by molar-refractivity contribution is 0.122. The van der Waals surface area contributed by atoms with Crippen molar-refractivity contribution in [2.24, 2.45) is 0 Å². The molecule has 1 aromatic carbocycles. The molecule has 109 valence electrons. The molecule has 0 aliphatic carbocycles. The standard InChI is InChI=1S/C17H20N3O/c1-13-5-3-4-6-14(13)15-11-17(19-12-16(15)18-2)20-7-9-21-10-8-20/h3-6,11-12H,7-10H2,1-2H3. The largest absolute Gasteiger partial charge is 0.378 e. The van der Waals surface area contributed by atoms with Gasteiger partial charge in [0, 0.05) is 25.7 Å². The first-order valence-electron chi connectivity index (χ1n) is 7.28. The Morgan fingerprint density at radius 3 is 2.62 bits per heavy atom. The summed E-state index contributed by atoms with van der Waals surface area (Å²) in [6.45, 7) is 5.44. The SMILES string of the molecule is C[N]c1cnc(N2CCOCC2)cc1-c1ccccc1C. The lowest BCUT2D eigenvalue weighted by atomic mass is 10.00. The number of ether oxygens (including phenoxy) is 1. The van der Waals surface area contributed by atoms with Gasteiger partial charge in [-0.3, -0.25) is 5.32 Å². The number of aryl methyl sites for hydroxylation is 1. The summed E-state index contributed by atoms with van der Waals surface area (Å²) in [5.74, 6) is 1.00. The van der Waals surface area contributed by atoms with Crippen molar-refractivity contribution in [2.75, 3.05) is 38.3 Å². The lowest BCUT2D eigenvalue weighted by Gasteiger charge is -2.28. The molecule has 1 radical (unpaired) electrons. The predicted octanol–water partition coefficient (Wildman–Crippen LogP) is 2.76. The Kier molecular flexibility index (Phi) is 4.06. The number of anilines is 1. The monoisotopic (exact) mass is 282 g/mol. The van der Waals surface area contributed by atoms with E-state index in [4.69, 9.17) is 4.74 Å². The number of hydrogen-bond donors (Lipinski definition) is 0. The van der Waals surface area contributed by atoms with Crippen LogP contribution in [0, 0.1) is 6.92 Å². The second kappa shape index (κ2) is 6.14. The van der Waals surface area contributed by atoms with Crippen LogP contribution in [0.5, 0.6) is 0 Å². The first-order chi connectivity index (χ1) is 10.3. The van der Waals surface area contributed by atoms with Gasteiger partial charge in [-0.2, -0.15) is 0 Å². The summed E-state index contributed by atoms with van der Waals surface area (Å²) in [5, 5.41) is 4.37. The van der Waals surface area contributed by atoms with Gasteiger partial charge < -0.3 is 9.64 Å². The van der Waals surface area contributed by atoms with Gasteiger partial charge in [0.25, 0.3) is 0 Å². The number of pyridine rings is 1. The zero-order valence-corrected chi connectivity index (χ0v) is 12.5. The van der Waals surface area contributed by atoms with Crippen LogP contribution in [0.1, 0.15) is 5.56 Å². The smallest absolute Gasteiger partial charge is 0.129 e. The van der Waals surface area contributed by atoms with Gasteiger partial charge >= 0.3 is 0 Å². The van der Waals surface area contributed by atoms with Crippen LogP contribution in [-0.4, -0.2) is 38.3 Å². The molecule has 0 spiro atoms. The van der Waals surface area contributed by atoms with Gasteiger partial charge in [0.15, 0.2) is 0 Å². The van der Waals surface area contributed by atoms with Crippen molar-refractivity contribution in [1.29, 1.82) is 0 Å². The van der Waals surface area contributed by atoms with Gasteiger partial charge in [0.2, 0.25) is 0 Å². The zero-order chi connectivity index (χ0) is 14.7. The summed E-state index contributed by atoms with van der Waals surface area (Å²) in [6, 6.07) is 10.5. The molecule has 0 amide bonds. The van der Waals surface area contributed by atoms with E-state index in [-0.39, 0.29) is 0 Å². The second-order valence-corrected chi connectivity index (χ2v) is 5.20. The summed E-state index contributed by atoms with van der Waals surface area (Å²) < 4.78 is 5.41. The highest BCUT2D eigenvalue weighted by Gasteiger charge is 2.15.